The Kier molecular flexibility index (Phi) is 14.1. The standard InChI is InChI=1S/C4H8.C2H6O.C2H6/c1-4-2-3-4;1-3-2;1-2/h4H,2-3H2,1H3;1-2H3;1-2H3. The molecule has 0 aliphatic heterocycles. The van der Waals surface area contributed by atoms with E-state index in [1.165, 1.54) is 12.8 Å². The van der Waals surface area contributed by atoms with Crippen LogP contribution in [0.1, 0.15) is 33.6 Å². The van der Waals surface area contributed by atoms with Crippen LogP contribution in [0.15, 0.2) is 0 Å². The van der Waals surface area contributed by atoms with Gasteiger partial charge in [-0.3, -0.25) is 0 Å². The molecule has 0 aromatic rings. The molecule has 0 saturated heterocycles. The van der Waals surface area contributed by atoms with Crippen LogP contribution in [0.4, 0.5) is 0 Å². The highest BCUT2D eigenvalue weighted by Crippen LogP contribution is 2.26. The van der Waals surface area contributed by atoms with Gasteiger partial charge in [0.25, 0.3) is 0 Å². The van der Waals surface area contributed by atoms with E-state index in [9.17, 15) is 0 Å². The molecule has 58 valence electrons. The van der Waals surface area contributed by atoms with Crippen molar-refractivity contribution in [2.45, 2.75) is 33.6 Å². The third-order valence-corrected chi connectivity index (χ3v) is 0.866. The second kappa shape index (κ2) is 10.9. The number of hydrogen-bond donors (Lipinski definition) is 0. The first-order valence-electron chi connectivity index (χ1n) is 3.71. The van der Waals surface area contributed by atoms with Gasteiger partial charge < -0.3 is 4.74 Å². The van der Waals surface area contributed by atoms with Crippen LogP contribution in [0.25, 0.3) is 0 Å². The maximum Gasteiger partial charge on any atom is 0.0351 e. The highest BCUT2D eigenvalue weighted by Gasteiger charge is 2.12. The minimum absolute atomic E-state index is 1.08. The van der Waals surface area contributed by atoms with Gasteiger partial charge in [-0.05, 0) is 5.92 Å². The summed E-state index contributed by atoms with van der Waals surface area (Å²) in [5.41, 5.74) is 0. The van der Waals surface area contributed by atoms with Gasteiger partial charge in [0.2, 0.25) is 0 Å². The lowest BCUT2D eigenvalue weighted by molar-refractivity contribution is 0.277. The predicted octanol–water partition coefficient (Wildman–Crippen LogP) is 2.71. The van der Waals surface area contributed by atoms with E-state index < -0.39 is 0 Å². The molecule has 1 nitrogen and oxygen atoms in total. The smallest absolute Gasteiger partial charge is 0.0351 e. The van der Waals surface area contributed by atoms with Crippen molar-refractivity contribution >= 4 is 0 Å². The van der Waals surface area contributed by atoms with Crippen molar-refractivity contribution in [2.24, 2.45) is 5.92 Å². The van der Waals surface area contributed by atoms with Gasteiger partial charge in [-0.1, -0.05) is 33.6 Å². The largest absolute Gasteiger partial charge is 0.388 e. The normalized spacial score (nSPS) is 14.3. The molecule has 1 rings (SSSR count). The molecule has 9 heavy (non-hydrogen) atoms. The molecular weight excluding hydrogens is 112 g/mol. The Morgan fingerprint density at radius 3 is 1.22 bits per heavy atom. The molecule has 1 aliphatic rings. The molecule has 0 spiro atoms. The van der Waals surface area contributed by atoms with Gasteiger partial charge in [-0.15, -0.1) is 0 Å². The average Bonchev–Trinajstić information content (AvgIpc) is 2.59. The molecule has 1 fully saturated rings. The van der Waals surface area contributed by atoms with Crippen LogP contribution in [0.3, 0.4) is 0 Å². The summed E-state index contributed by atoms with van der Waals surface area (Å²) in [5, 5.41) is 0. The zero-order valence-corrected chi connectivity index (χ0v) is 7.40. The fourth-order valence-electron chi connectivity index (χ4n) is 0.167. The van der Waals surface area contributed by atoms with Crippen molar-refractivity contribution in [2.75, 3.05) is 14.2 Å². The maximum absolute atomic E-state index is 4.25. The number of rotatable bonds is 0. The van der Waals surface area contributed by atoms with Gasteiger partial charge in [-0.2, -0.15) is 0 Å². The molecule has 0 aromatic carbocycles. The molecule has 0 unspecified atom stereocenters. The lowest BCUT2D eigenvalue weighted by atomic mass is 10.5. The Balaban J connectivity index is 0. The summed E-state index contributed by atoms with van der Waals surface area (Å²) in [6, 6.07) is 0. The first kappa shape index (κ1) is 11.7. The minimum atomic E-state index is 1.08. The van der Waals surface area contributed by atoms with E-state index in [-0.39, 0.29) is 0 Å². The van der Waals surface area contributed by atoms with Crippen molar-refractivity contribution in [1.29, 1.82) is 0 Å². The third-order valence-electron chi connectivity index (χ3n) is 0.866. The zero-order chi connectivity index (χ0) is 7.70. The first-order chi connectivity index (χ1) is 4.31. The van der Waals surface area contributed by atoms with Crippen molar-refractivity contribution in [3.05, 3.63) is 0 Å². The van der Waals surface area contributed by atoms with E-state index in [0.717, 1.165) is 5.92 Å². The second-order valence-corrected chi connectivity index (χ2v) is 2.09. The summed E-state index contributed by atoms with van der Waals surface area (Å²) in [4.78, 5) is 0. The Morgan fingerprint density at radius 2 is 1.22 bits per heavy atom. The molecule has 0 atom stereocenters. The summed E-state index contributed by atoms with van der Waals surface area (Å²) in [6.45, 7) is 6.28. The van der Waals surface area contributed by atoms with E-state index in [0.29, 0.717) is 0 Å². The lowest BCUT2D eigenvalue weighted by Gasteiger charge is -1.61. The Bertz CT molecular complexity index is 31.5. The third kappa shape index (κ3) is 32.3. The van der Waals surface area contributed by atoms with E-state index in [1.807, 2.05) is 13.8 Å². The monoisotopic (exact) mass is 132 g/mol. The van der Waals surface area contributed by atoms with Crippen LogP contribution in [-0.2, 0) is 4.74 Å². The zero-order valence-electron chi connectivity index (χ0n) is 7.40. The number of ether oxygens (including phenoxy) is 1. The van der Waals surface area contributed by atoms with Gasteiger partial charge in [0, 0.05) is 14.2 Å². The van der Waals surface area contributed by atoms with Crippen LogP contribution in [0.5, 0.6) is 0 Å². The molecular formula is C8H20O. The Hall–Kier alpha value is -0.0400. The molecule has 0 amide bonds. The topological polar surface area (TPSA) is 9.23 Å². The number of hydrogen-bond acceptors (Lipinski definition) is 1. The summed E-state index contributed by atoms with van der Waals surface area (Å²) < 4.78 is 4.25. The Morgan fingerprint density at radius 1 is 1.11 bits per heavy atom. The van der Waals surface area contributed by atoms with Crippen molar-refractivity contribution in [3.8, 4) is 0 Å². The quantitative estimate of drug-likeness (QED) is 0.492. The van der Waals surface area contributed by atoms with Crippen LogP contribution in [-0.4, -0.2) is 14.2 Å². The summed E-state index contributed by atoms with van der Waals surface area (Å²) in [5.74, 6) is 1.08. The van der Waals surface area contributed by atoms with Gasteiger partial charge in [0.05, 0.1) is 0 Å². The molecule has 0 N–H and O–H groups in total. The fourth-order valence-corrected chi connectivity index (χ4v) is 0.167. The summed E-state index contributed by atoms with van der Waals surface area (Å²) in [6.07, 6.45) is 2.97. The van der Waals surface area contributed by atoms with E-state index in [4.69, 9.17) is 0 Å². The SMILES string of the molecule is CC.CC1CC1.COC. The highest BCUT2D eigenvalue weighted by molar-refractivity contribution is 4.65. The van der Waals surface area contributed by atoms with Crippen LogP contribution in [0, 0.1) is 5.92 Å². The van der Waals surface area contributed by atoms with Crippen molar-refractivity contribution < 1.29 is 4.74 Å². The molecule has 1 heteroatoms. The molecule has 0 heterocycles. The van der Waals surface area contributed by atoms with Crippen LogP contribution >= 0.6 is 0 Å². The average molecular weight is 132 g/mol. The summed E-state index contributed by atoms with van der Waals surface area (Å²) in [7, 11) is 3.25. The molecule has 0 aromatic heterocycles. The Labute approximate surface area is 59.4 Å². The van der Waals surface area contributed by atoms with E-state index in [1.54, 1.807) is 14.2 Å². The lowest BCUT2D eigenvalue weighted by Crippen LogP contribution is -1.55. The van der Waals surface area contributed by atoms with Crippen LogP contribution < -0.4 is 0 Å². The first-order valence-corrected chi connectivity index (χ1v) is 3.71. The van der Waals surface area contributed by atoms with Gasteiger partial charge in [0.15, 0.2) is 0 Å². The summed E-state index contributed by atoms with van der Waals surface area (Å²) >= 11 is 0. The second-order valence-electron chi connectivity index (χ2n) is 2.09. The fraction of sp³-hybridized carbons (Fsp3) is 1.00. The van der Waals surface area contributed by atoms with Crippen LogP contribution in [0.2, 0.25) is 0 Å². The molecule has 0 bridgehead atoms. The van der Waals surface area contributed by atoms with Gasteiger partial charge >= 0.3 is 0 Å². The van der Waals surface area contributed by atoms with E-state index >= 15 is 0 Å². The van der Waals surface area contributed by atoms with Crippen molar-refractivity contribution in [3.63, 3.8) is 0 Å². The number of methoxy groups -OCH3 is 1. The van der Waals surface area contributed by atoms with Gasteiger partial charge in [-0.25, -0.2) is 0 Å². The molecule has 1 saturated carbocycles. The minimum Gasteiger partial charge on any atom is -0.388 e. The predicted molar refractivity (Wildman–Crippen MR) is 42.7 cm³/mol. The highest BCUT2D eigenvalue weighted by atomic mass is 16.4. The molecule has 0 radical (unpaired) electrons. The van der Waals surface area contributed by atoms with Crippen molar-refractivity contribution in [1.82, 2.24) is 0 Å². The van der Waals surface area contributed by atoms with Gasteiger partial charge in [0.1, 0.15) is 0 Å². The molecule has 1 aliphatic carbocycles. The van der Waals surface area contributed by atoms with E-state index in [2.05, 4.69) is 11.7 Å². The maximum atomic E-state index is 4.25.